The number of carbonyl (C=O) groups excluding carboxylic acids is 1. The molecule has 10 heteroatoms. The van der Waals surface area contributed by atoms with Gasteiger partial charge >= 0.3 is 39.3 Å². The normalized spacial score (nSPS) is 32.7. The first-order chi connectivity index (χ1) is 15.7. The third kappa shape index (κ3) is 11.2. The summed E-state index contributed by atoms with van der Waals surface area (Å²) in [5.74, 6) is -0.169. The van der Waals surface area contributed by atoms with Gasteiger partial charge in [0.1, 0.15) is 0 Å². The van der Waals surface area contributed by atoms with Gasteiger partial charge in [-0.15, -0.1) is 6.04 Å². The van der Waals surface area contributed by atoms with Crippen LogP contribution in [0.25, 0.3) is 26.6 Å². The van der Waals surface area contributed by atoms with Gasteiger partial charge in [-0.05, 0) is 0 Å². The first-order valence-electron chi connectivity index (χ1n) is 12.0. The number of rotatable bonds is 3. The number of hydrogen-bond acceptors (Lipinski definition) is 2. The molecule has 1 heterocycles. The van der Waals surface area contributed by atoms with Crippen molar-refractivity contribution in [3.8, 4) is 0 Å². The molecule has 197 valence electrons. The molecule has 1 aliphatic heterocycles. The van der Waals surface area contributed by atoms with Crippen molar-refractivity contribution < 1.29 is 28.4 Å². The predicted octanol–water partition coefficient (Wildman–Crippen LogP) is 7.17. The van der Waals surface area contributed by atoms with E-state index in [1.165, 1.54) is 25.7 Å². The zero-order chi connectivity index (χ0) is 23.0. The third-order valence-corrected chi connectivity index (χ3v) is 6.34. The van der Waals surface area contributed by atoms with E-state index in [2.05, 4.69) is 0 Å². The smallest absolute Gasteiger partial charge is 0 e. The number of ether oxygens (including phenoxy) is 1. The van der Waals surface area contributed by atoms with Crippen LogP contribution in [0.4, 0.5) is 0 Å². The summed E-state index contributed by atoms with van der Waals surface area (Å²) < 4.78 is 5.38. The van der Waals surface area contributed by atoms with Crippen molar-refractivity contribution in [1.82, 2.24) is 0 Å². The van der Waals surface area contributed by atoms with Crippen molar-refractivity contribution in [3.05, 3.63) is 26.6 Å². The molecule has 2 unspecified atom stereocenters. The van der Waals surface area contributed by atoms with E-state index in [0.717, 1.165) is 45.3 Å². The third-order valence-electron chi connectivity index (χ3n) is 6.34. The van der Waals surface area contributed by atoms with E-state index >= 15 is 0 Å². The van der Waals surface area contributed by atoms with Gasteiger partial charge in [-0.25, -0.2) is 0 Å². The van der Waals surface area contributed by atoms with Crippen LogP contribution in [0.5, 0.6) is 0 Å². The van der Waals surface area contributed by atoms with Gasteiger partial charge < -0.3 is 31.3 Å². The zero-order valence-corrected chi connectivity index (χ0v) is 21.9. The molecule has 1 saturated heterocycles. The minimum Gasteiger partial charge on any atom is 0 e. The maximum Gasteiger partial charge on any atom is 0 e. The van der Waals surface area contributed by atoms with E-state index in [9.17, 15) is 4.79 Å². The molecule has 7 nitrogen and oxygen atoms in total. The molecule has 3 rings (SSSR count). The Hall–Kier alpha value is 0.369. The van der Waals surface area contributed by atoms with Gasteiger partial charge in [0.15, 0.2) is 0 Å². The number of carbonyl (C=O) groups is 1. The van der Waals surface area contributed by atoms with Crippen LogP contribution in [0.3, 0.4) is 0 Å². The fourth-order valence-corrected chi connectivity index (χ4v) is 4.66. The van der Waals surface area contributed by atoms with Crippen molar-refractivity contribution in [1.29, 1.82) is 0 Å². The first-order valence-corrected chi connectivity index (χ1v) is 15.3. The number of nitrogens with zero attached hydrogens (tertiary/aromatic N) is 5. The molecule has 0 aromatic heterocycles. The van der Waals surface area contributed by atoms with Crippen molar-refractivity contribution >= 4 is 26.2 Å². The second kappa shape index (κ2) is 17.8. The van der Waals surface area contributed by atoms with Gasteiger partial charge in [-0.3, -0.25) is 4.79 Å². The van der Waals surface area contributed by atoms with Gasteiger partial charge in [-0.1, -0.05) is 58.3 Å². The quantitative estimate of drug-likeness (QED) is 0.281. The predicted molar refractivity (Wildman–Crippen MR) is 138 cm³/mol. The molecule has 0 aromatic rings. The monoisotopic (exact) mass is 537 g/mol. The second-order valence-electron chi connectivity index (χ2n) is 8.57. The van der Waals surface area contributed by atoms with E-state index in [4.69, 9.17) is 51.5 Å². The van der Waals surface area contributed by atoms with E-state index in [0.29, 0.717) is 44.2 Å². The molecule has 32 heavy (non-hydrogen) atoms. The van der Waals surface area contributed by atoms with Crippen LogP contribution in [0, 0.1) is 0 Å². The Morgan fingerprint density at radius 3 is 1.66 bits per heavy atom. The second-order valence-corrected chi connectivity index (χ2v) is 10.5. The molecule has 0 radical (unpaired) electrons. The summed E-state index contributed by atoms with van der Waals surface area (Å²) >= 11 is 0.00694. The largest absolute Gasteiger partial charge is 0 e. The molecule has 0 bridgehead atoms. The van der Waals surface area contributed by atoms with Gasteiger partial charge in [0, 0.05) is 12.1 Å². The van der Waals surface area contributed by atoms with Gasteiger partial charge in [0.2, 0.25) is 0 Å². The molecular weight excluding hydrogens is 492 g/mol. The summed E-state index contributed by atoms with van der Waals surface area (Å²) in [4.78, 5) is 11.6. The number of esters is 1. The Morgan fingerprint density at radius 1 is 0.812 bits per heavy atom. The zero-order valence-electron chi connectivity index (χ0n) is 19.2. The maximum atomic E-state index is 11.6. The minimum absolute atomic E-state index is 0. The standard InChI is InChI=1S/C22H38N5O2.2ClH.Mn.4H2/c1-2-22(28)29-16-17-15-27-21-10-6-5-9-20(21)26-14-13-25-19-8-4-3-7-18(19)24-12-11-23-17;;;;;;;/h17-21H,2-16H2,1H3;2*1H;;4*1H/q-5;;;+2;;;;/p-2/t17-,18?,19?,20-,21-;;;;;;;/m1......./s1. The Kier molecular flexibility index (Phi) is 15.9. The Balaban J connectivity index is -0.00000148. The summed E-state index contributed by atoms with van der Waals surface area (Å²) in [7, 11) is 9.59. The SMILES string of the molecule is CCC(=O)OC[C@H]1C[N-][C@@H]2CCCC[C@H]2[N-]CC[N-]C2CCCCC2[N-]CC[N-]1.[Cl][Mn][Cl].[HH].[HH].[HH].[HH]. The van der Waals surface area contributed by atoms with Crippen molar-refractivity contribution in [2.24, 2.45) is 0 Å². The van der Waals surface area contributed by atoms with Crippen LogP contribution in [0.2, 0.25) is 0 Å². The van der Waals surface area contributed by atoms with Crippen LogP contribution in [-0.2, 0) is 22.7 Å². The molecule has 0 N–H and O–H groups in total. The maximum absolute atomic E-state index is 11.6. The summed E-state index contributed by atoms with van der Waals surface area (Å²) in [6.45, 7) is 5.79. The van der Waals surface area contributed by atoms with E-state index in [1.54, 1.807) is 0 Å². The Labute approximate surface area is 215 Å². The van der Waals surface area contributed by atoms with Gasteiger partial charge in [0.05, 0.1) is 6.61 Å². The molecular formula is C22H46Cl2MnN5O2-5. The molecule has 5 atom stereocenters. The van der Waals surface area contributed by atoms with Crippen molar-refractivity contribution in [3.63, 3.8) is 0 Å². The fourth-order valence-electron chi connectivity index (χ4n) is 4.66. The van der Waals surface area contributed by atoms with Crippen LogP contribution < -0.4 is 0 Å². The van der Waals surface area contributed by atoms with E-state index in [1.807, 2.05) is 6.92 Å². The van der Waals surface area contributed by atoms with E-state index in [-0.39, 0.29) is 36.9 Å². The van der Waals surface area contributed by atoms with Gasteiger partial charge in [-0.2, -0.15) is 56.9 Å². The Morgan fingerprint density at radius 2 is 1.22 bits per heavy atom. The molecule has 2 saturated carbocycles. The average Bonchev–Trinajstić information content (AvgIpc) is 2.82. The molecule has 2 aliphatic carbocycles. The minimum atomic E-state index is -0.169. The summed E-state index contributed by atoms with van der Waals surface area (Å²) in [5, 5.41) is 24.6. The number of halogens is 2. The first kappa shape index (κ1) is 28.6. The van der Waals surface area contributed by atoms with Crippen LogP contribution in [0.1, 0.15) is 70.4 Å². The van der Waals surface area contributed by atoms with Crippen LogP contribution in [0.15, 0.2) is 0 Å². The topological polar surface area (TPSA) is 96.8 Å². The van der Waals surface area contributed by atoms with Crippen LogP contribution >= 0.6 is 20.2 Å². The summed E-state index contributed by atoms with van der Waals surface area (Å²) in [6, 6.07) is 1.22. The van der Waals surface area contributed by atoms with Crippen LogP contribution in [-0.4, -0.2) is 75.5 Å². The number of fused-ring (bicyclic) bond motifs is 2. The molecule has 0 spiro atoms. The molecule has 0 aromatic carbocycles. The number of hydrogen-bond donors (Lipinski definition) is 0. The average molecular weight is 538 g/mol. The molecule has 3 fully saturated rings. The molecule has 0 amide bonds. The summed E-state index contributed by atoms with van der Waals surface area (Å²) in [6.07, 6.45) is 9.90. The fraction of sp³-hybridized carbons (Fsp3) is 0.955. The summed E-state index contributed by atoms with van der Waals surface area (Å²) in [5.41, 5.74) is 0. The Bertz CT molecular complexity index is 527. The molecule has 3 aliphatic rings. The van der Waals surface area contributed by atoms with Gasteiger partial charge in [0.25, 0.3) is 0 Å². The van der Waals surface area contributed by atoms with E-state index < -0.39 is 0 Å². The van der Waals surface area contributed by atoms with Crippen molar-refractivity contribution in [2.75, 3.05) is 39.3 Å². The van der Waals surface area contributed by atoms with Crippen molar-refractivity contribution in [2.45, 2.75) is 94.9 Å².